The minimum atomic E-state index is -3.07. The minimum absolute atomic E-state index is 0.00660. The summed E-state index contributed by atoms with van der Waals surface area (Å²) < 4.78 is 37.8. The monoisotopic (exact) mass is 313 g/mol. The van der Waals surface area contributed by atoms with Crippen LogP contribution in [-0.2, 0) is 15.4 Å². The molecule has 0 spiro atoms. The van der Waals surface area contributed by atoms with E-state index in [1.807, 2.05) is 6.92 Å². The SMILES string of the molecule is CCC(N)(c1ccccc1F)C1CCCC(S(C)(=O)=O)C1. The van der Waals surface area contributed by atoms with Crippen LogP contribution in [0.15, 0.2) is 24.3 Å². The second-order valence-corrected chi connectivity index (χ2v) is 8.51. The fourth-order valence-electron chi connectivity index (χ4n) is 3.54. The zero-order chi connectivity index (χ0) is 15.7. The number of nitrogens with two attached hydrogens (primary N) is 1. The predicted molar refractivity (Wildman–Crippen MR) is 83.1 cm³/mol. The van der Waals surface area contributed by atoms with Gasteiger partial charge in [-0.25, -0.2) is 12.8 Å². The van der Waals surface area contributed by atoms with E-state index in [1.165, 1.54) is 12.3 Å². The van der Waals surface area contributed by atoms with Crippen LogP contribution >= 0.6 is 0 Å². The smallest absolute Gasteiger partial charge is 0.150 e. The van der Waals surface area contributed by atoms with Gasteiger partial charge in [0, 0.05) is 17.4 Å². The van der Waals surface area contributed by atoms with Gasteiger partial charge in [-0.2, -0.15) is 0 Å². The highest BCUT2D eigenvalue weighted by Crippen LogP contribution is 2.42. The first-order chi connectivity index (χ1) is 9.79. The van der Waals surface area contributed by atoms with Gasteiger partial charge in [-0.1, -0.05) is 31.5 Å². The van der Waals surface area contributed by atoms with Crippen molar-refractivity contribution in [3.05, 3.63) is 35.6 Å². The minimum Gasteiger partial charge on any atom is -0.321 e. The van der Waals surface area contributed by atoms with E-state index in [2.05, 4.69) is 0 Å². The molecule has 2 rings (SSSR count). The summed E-state index contributed by atoms with van der Waals surface area (Å²) in [5.74, 6) is -0.309. The van der Waals surface area contributed by atoms with Gasteiger partial charge in [0.1, 0.15) is 15.7 Å². The largest absolute Gasteiger partial charge is 0.321 e. The number of sulfone groups is 1. The van der Waals surface area contributed by atoms with Crippen LogP contribution in [0.1, 0.15) is 44.6 Å². The lowest BCUT2D eigenvalue weighted by Crippen LogP contribution is -2.47. The van der Waals surface area contributed by atoms with E-state index < -0.39 is 15.4 Å². The quantitative estimate of drug-likeness (QED) is 0.929. The Balaban J connectivity index is 2.34. The van der Waals surface area contributed by atoms with Crippen molar-refractivity contribution >= 4 is 9.84 Å². The molecule has 0 aliphatic heterocycles. The van der Waals surface area contributed by atoms with Crippen molar-refractivity contribution in [2.24, 2.45) is 11.7 Å². The number of hydrogen-bond acceptors (Lipinski definition) is 3. The average Bonchev–Trinajstić information content (AvgIpc) is 2.46. The van der Waals surface area contributed by atoms with Crippen molar-refractivity contribution in [3.63, 3.8) is 0 Å². The van der Waals surface area contributed by atoms with Crippen molar-refractivity contribution in [2.45, 2.75) is 49.8 Å². The molecule has 1 aliphatic carbocycles. The van der Waals surface area contributed by atoms with Crippen LogP contribution in [0.5, 0.6) is 0 Å². The molecule has 1 saturated carbocycles. The van der Waals surface area contributed by atoms with Gasteiger partial charge in [0.15, 0.2) is 0 Å². The van der Waals surface area contributed by atoms with Crippen molar-refractivity contribution < 1.29 is 12.8 Å². The Labute approximate surface area is 126 Å². The summed E-state index contributed by atoms with van der Waals surface area (Å²) in [4.78, 5) is 0. The normalized spacial score (nSPS) is 26.3. The standard InChI is InChI=1S/C16H24FNO2S/c1-3-16(18,14-9-4-5-10-15(14)17)12-7-6-8-13(11-12)21(2,19)20/h4-5,9-10,12-13H,3,6-8,11,18H2,1-2H3. The summed E-state index contributed by atoms with van der Waals surface area (Å²) in [6.07, 6.45) is 4.77. The van der Waals surface area contributed by atoms with Gasteiger partial charge in [-0.3, -0.25) is 0 Å². The Bertz CT molecular complexity index is 602. The molecule has 2 N–H and O–H groups in total. The molecule has 3 nitrogen and oxygen atoms in total. The zero-order valence-electron chi connectivity index (χ0n) is 12.7. The Kier molecular flexibility index (Phi) is 4.73. The van der Waals surface area contributed by atoms with Crippen LogP contribution in [0.2, 0.25) is 0 Å². The van der Waals surface area contributed by atoms with Crippen molar-refractivity contribution in [1.82, 2.24) is 0 Å². The molecule has 0 aromatic heterocycles. The Morgan fingerprint density at radius 3 is 2.57 bits per heavy atom. The number of halogens is 1. The average molecular weight is 313 g/mol. The fraction of sp³-hybridized carbons (Fsp3) is 0.625. The van der Waals surface area contributed by atoms with Crippen molar-refractivity contribution in [1.29, 1.82) is 0 Å². The molecule has 0 heterocycles. The third-order valence-electron chi connectivity index (χ3n) is 4.92. The molecule has 1 aliphatic rings. The molecule has 0 radical (unpaired) electrons. The molecule has 1 aromatic carbocycles. The van der Waals surface area contributed by atoms with E-state index in [9.17, 15) is 12.8 Å². The maximum atomic E-state index is 14.2. The molecule has 0 bridgehead atoms. The van der Waals surface area contributed by atoms with Gasteiger partial charge in [-0.05, 0) is 37.7 Å². The first-order valence-corrected chi connectivity index (χ1v) is 9.47. The number of benzene rings is 1. The van der Waals surface area contributed by atoms with E-state index in [0.29, 0.717) is 24.8 Å². The highest BCUT2D eigenvalue weighted by atomic mass is 32.2. The molecule has 3 atom stereocenters. The molecular formula is C16H24FNO2S. The molecule has 3 unspecified atom stereocenters. The molecule has 1 aromatic rings. The van der Waals surface area contributed by atoms with E-state index in [-0.39, 0.29) is 17.0 Å². The van der Waals surface area contributed by atoms with Crippen LogP contribution in [0, 0.1) is 11.7 Å². The first-order valence-electron chi connectivity index (χ1n) is 7.51. The summed E-state index contributed by atoms with van der Waals surface area (Å²) in [7, 11) is -3.07. The van der Waals surface area contributed by atoms with E-state index in [1.54, 1.807) is 18.2 Å². The van der Waals surface area contributed by atoms with Crippen LogP contribution in [-0.4, -0.2) is 19.9 Å². The second-order valence-electron chi connectivity index (χ2n) is 6.19. The number of hydrogen-bond donors (Lipinski definition) is 1. The third-order valence-corrected chi connectivity index (χ3v) is 6.56. The van der Waals surface area contributed by atoms with Gasteiger partial charge in [-0.15, -0.1) is 0 Å². The Morgan fingerprint density at radius 2 is 2.00 bits per heavy atom. The third kappa shape index (κ3) is 3.29. The van der Waals surface area contributed by atoms with E-state index in [0.717, 1.165) is 12.8 Å². The molecule has 21 heavy (non-hydrogen) atoms. The van der Waals surface area contributed by atoms with Crippen LogP contribution < -0.4 is 5.73 Å². The molecular weight excluding hydrogens is 289 g/mol. The Morgan fingerprint density at radius 1 is 1.33 bits per heavy atom. The molecule has 1 fully saturated rings. The summed E-state index contributed by atoms with van der Waals surface area (Å²) in [5, 5.41) is -0.350. The van der Waals surface area contributed by atoms with Gasteiger partial charge in [0.05, 0.1) is 5.25 Å². The highest BCUT2D eigenvalue weighted by Gasteiger charge is 2.41. The van der Waals surface area contributed by atoms with Gasteiger partial charge in [0.2, 0.25) is 0 Å². The molecule has 5 heteroatoms. The summed E-state index contributed by atoms with van der Waals surface area (Å²) in [6, 6.07) is 6.58. The zero-order valence-corrected chi connectivity index (χ0v) is 13.5. The van der Waals surface area contributed by atoms with Crippen LogP contribution in [0.25, 0.3) is 0 Å². The summed E-state index contributed by atoms with van der Waals surface area (Å²) in [5.41, 5.74) is 6.27. The lowest BCUT2D eigenvalue weighted by atomic mass is 9.70. The van der Waals surface area contributed by atoms with Gasteiger partial charge in [0.25, 0.3) is 0 Å². The predicted octanol–water partition coefficient (Wildman–Crippen LogP) is 2.99. The van der Waals surface area contributed by atoms with E-state index in [4.69, 9.17) is 5.73 Å². The van der Waals surface area contributed by atoms with Crippen molar-refractivity contribution in [2.75, 3.05) is 6.26 Å². The van der Waals surface area contributed by atoms with Crippen molar-refractivity contribution in [3.8, 4) is 0 Å². The van der Waals surface area contributed by atoms with Gasteiger partial charge < -0.3 is 5.73 Å². The highest BCUT2D eigenvalue weighted by molar-refractivity contribution is 7.91. The Hall–Kier alpha value is -0.940. The first kappa shape index (κ1) is 16.4. The second kappa shape index (κ2) is 6.05. The topological polar surface area (TPSA) is 60.2 Å². The lowest BCUT2D eigenvalue weighted by Gasteiger charge is -2.41. The lowest BCUT2D eigenvalue weighted by molar-refractivity contribution is 0.196. The van der Waals surface area contributed by atoms with Crippen LogP contribution in [0.3, 0.4) is 0 Å². The number of rotatable bonds is 4. The summed E-state index contributed by atoms with van der Waals surface area (Å²) >= 11 is 0. The molecule has 0 saturated heterocycles. The molecule has 0 amide bonds. The molecule has 118 valence electrons. The van der Waals surface area contributed by atoms with E-state index >= 15 is 0 Å². The van der Waals surface area contributed by atoms with Crippen LogP contribution in [0.4, 0.5) is 4.39 Å². The maximum Gasteiger partial charge on any atom is 0.150 e. The van der Waals surface area contributed by atoms with Gasteiger partial charge >= 0.3 is 0 Å². The maximum absolute atomic E-state index is 14.2. The fourth-order valence-corrected chi connectivity index (χ4v) is 4.72. The summed E-state index contributed by atoms with van der Waals surface area (Å²) in [6.45, 7) is 1.94.